The van der Waals surface area contributed by atoms with Crippen molar-refractivity contribution in [3.8, 4) is 0 Å². The molecule has 0 bridgehead atoms. The van der Waals surface area contributed by atoms with Crippen LogP contribution in [-0.2, 0) is 11.2 Å². The van der Waals surface area contributed by atoms with Gasteiger partial charge in [0.25, 0.3) is 0 Å². The van der Waals surface area contributed by atoms with Crippen LogP contribution < -0.4 is 10.2 Å². The summed E-state index contributed by atoms with van der Waals surface area (Å²) in [5.74, 6) is 0.0523. The first kappa shape index (κ1) is 17.0. The van der Waals surface area contributed by atoms with Crippen LogP contribution in [0.3, 0.4) is 0 Å². The topological polar surface area (TPSA) is 32.3 Å². The van der Waals surface area contributed by atoms with Crippen molar-refractivity contribution in [1.29, 1.82) is 0 Å². The molecule has 1 amide bonds. The first-order chi connectivity index (χ1) is 11.7. The van der Waals surface area contributed by atoms with Gasteiger partial charge in [0.05, 0.1) is 0 Å². The highest BCUT2D eigenvalue weighted by Crippen LogP contribution is 2.22. The summed E-state index contributed by atoms with van der Waals surface area (Å²) < 4.78 is 1.06. The fraction of sp³-hybridized carbons (Fsp3) is 0.350. The maximum absolute atomic E-state index is 12.1. The van der Waals surface area contributed by atoms with Gasteiger partial charge in [-0.3, -0.25) is 4.79 Å². The van der Waals surface area contributed by atoms with Crippen molar-refractivity contribution in [1.82, 2.24) is 0 Å². The molecule has 0 aromatic heterocycles. The van der Waals surface area contributed by atoms with Gasteiger partial charge in [0, 0.05) is 35.4 Å². The minimum absolute atomic E-state index is 0.0523. The number of hydrogen-bond acceptors (Lipinski definition) is 2. The Hall–Kier alpha value is -1.81. The Bertz CT molecular complexity index is 678. The van der Waals surface area contributed by atoms with Crippen LogP contribution in [0.15, 0.2) is 53.0 Å². The summed E-state index contributed by atoms with van der Waals surface area (Å²) in [7, 11) is 0. The molecule has 0 radical (unpaired) electrons. The number of carbonyl (C=O) groups excluding carboxylic acids is 1. The third kappa shape index (κ3) is 4.60. The number of hydrogen-bond donors (Lipinski definition) is 1. The zero-order chi connectivity index (χ0) is 16.8. The van der Waals surface area contributed by atoms with Gasteiger partial charge in [0.2, 0.25) is 5.91 Å². The van der Waals surface area contributed by atoms with Crippen LogP contribution in [-0.4, -0.2) is 19.0 Å². The minimum Gasteiger partial charge on any atom is -0.372 e. The van der Waals surface area contributed by atoms with E-state index in [4.69, 9.17) is 0 Å². The quantitative estimate of drug-likeness (QED) is 0.782. The zero-order valence-corrected chi connectivity index (χ0v) is 15.4. The highest BCUT2D eigenvalue weighted by molar-refractivity contribution is 9.10. The predicted octanol–water partition coefficient (Wildman–Crippen LogP) is 5.01. The van der Waals surface area contributed by atoms with Gasteiger partial charge in [-0.15, -0.1) is 0 Å². The second-order valence-corrected chi connectivity index (χ2v) is 7.09. The standard InChI is InChI=1S/C20H23BrN2O/c21-19-7-3-2-6-16(19)8-13-20(24)22-17-9-11-18(12-10-17)23-14-4-1-5-15-23/h2-3,6-7,9-12H,1,4-5,8,13-15H2,(H,22,24). The number of nitrogens with zero attached hydrogens (tertiary/aromatic N) is 1. The molecular formula is C20H23BrN2O. The molecule has 24 heavy (non-hydrogen) atoms. The number of benzene rings is 2. The largest absolute Gasteiger partial charge is 0.372 e. The van der Waals surface area contributed by atoms with E-state index in [1.54, 1.807) is 0 Å². The molecule has 0 aliphatic carbocycles. The number of piperidine rings is 1. The van der Waals surface area contributed by atoms with Crippen LogP contribution in [0.25, 0.3) is 0 Å². The van der Waals surface area contributed by atoms with E-state index in [9.17, 15) is 4.79 Å². The smallest absolute Gasteiger partial charge is 0.224 e. The molecule has 4 heteroatoms. The lowest BCUT2D eigenvalue weighted by molar-refractivity contribution is -0.116. The average Bonchev–Trinajstić information content (AvgIpc) is 2.62. The second kappa shape index (κ2) is 8.34. The van der Waals surface area contributed by atoms with Gasteiger partial charge in [-0.05, 0) is 61.6 Å². The Morgan fingerprint density at radius 3 is 2.42 bits per heavy atom. The Kier molecular flexibility index (Phi) is 5.91. The SMILES string of the molecule is O=C(CCc1ccccc1Br)Nc1ccc(N2CCCCC2)cc1. The Balaban J connectivity index is 1.52. The minimum atomic E-state index is 0.0523. The second-order valence-electron chi connectivity index (χ2n) is 6.23. The molecule has 3 nitrogen and oxygen atoms in total. The van der Waals surface area contributed by atoms with Crippen LogP contribution in [0.5, 0.6) is 0 Å². The number of aryl methyl sites for hydroxylation is 1. The van der Waals surface area contributed by atoms with Crippen LogP contribution in [0.1, 0.15) is 31.2 Å². The number of nitrogens with one attached hydrogen (secondary N) is 1. The molecule has 1 aliphatic heterocycles. The van der Waals surface area contributed by atoms with E-state index in [0.29, 0.717) is 6.42 Å². The normalized spacial score (nSPS) is 14.5. The highest BCUT2D eigenvalue weighted by Gasteiger charge is 2.11. The highest BCUT2D eigenvalue weighted by atomic mass is 79.9. The molecule has 1 fully saturated rings. The van der Waals surface area contributed by atoms with Crippen LogP contribution in [0.2, 0.25) is 0 Å². The summed E-state index contributed by atoms with van der Waals surface area (Å²) in [6, 6.07) is 16.2. The fourth-order valence-electron chi connectivity index (χ4n) is 3.08. The van der Waals surface area contributed by atoms with Gasteiger partial charge >= 0.3 is 0 Å². The monoisotopic (exact) mass is 386 g/mol. The van der Waals surface area contributed by atoms with Crippen molar-refractivity contribution < 1.29 is 4.79 Å². The van der Waals surface area contributed by atoms with E-state index < -0.39 is 0 Å². The van der Waals surface area contributed by atoms with E-state index in [-0.39, 0.29) is 5.91 Å². The third-order valence-corrected chi connectivity index (χ3v) is 5.23. The summed E-state index contributed by atoms with van der Waals surface area (Å²) in [5, 5.41) is 2.99. The van der Waals surface area contributed by atoms with Crippen molar-refractivity contribution in [2.75, 3.05) is 23.3 Å². The van der Waals surface area contributed by atoms with Crippen molar-refractivity contribution in [3.05, 3.63) is 58.6 Å². The Morgan fingerprint density at radius 1 is 1.00 bits per heavy atom. The first-order valence-electron chi connectivity index (χ1n) is 8.60. The van der Waals surface area contributed by atoms with Gasteiger partial charge in [-0.25, -0.2) is 0 Å². The molecule has 1 saturated heterocycles. The fourth-order valence-corrected chi connectivity index (χ4v) is 3.56. The van der Waals surface area contributed by atoms with E-state index in [1.165, 1.54) is 24.9 Å². The molecular weight excluding hydrogens is 364 g/mol. The summed E-state index contributed by atoms with van der Waals surface area (Å²) in [6.07, 6.45) is 5.10. The number of anilines is 2. The van der Waals surface area contributed by atoms with Gasteiger partial charge in [-0.2, -0.15) is 0 Å². The molecule has 0 saturated carbocycles. The van der Waals surface area contributed by atoms with Gasteiger partial charge in [0.1, 0.15) is 0 Å². The van der Waals surface area contributed by atoms with E-state index in [1.807, 2.05) is 36.4 Å². The van der Waals surface area contributed by atoms with E-state index in [2.05, 4.69) is 38.3 Å². The molecule has 2 aromatic carbocycles. The van der Waals surface area contributed by atoms with Gasteiger partial charge in [-0.1, -0.05) is 34.1 Å². The molecule has 2 aromatic rings. The van der Waals surface area contributed by atoms with Crippen molar-refractivity contribution in [3.63, 3.8) is 0 Å². The molecule has 126 valence electrons. The van der Waals surface area contributed by atoms with Crippen LogP contribution in [0.4, 0.5) is 11.4 Å². The van der Waals surface area contributed by atoms with E-state index >= 15 is 0 Å². The average molecular weight is 387 g/mol. The molecule has 1 N–H and O–H groups in total. The molecule has 0 unspecified atom stereocenters. The first-order valence-corrected chi connectivity index (χ1v) is 9.40. The number of rotatable bonds is 5. The van der Waals surface area contributed by atoms with Crippen molar-refractivity contribution in [2.45, 2.75) is 32.1 Å². The van der Waals surface area contributed by atoms with Gasteiger partial charge < -0.3 is 10.2 Å². The predicted molar refractivity (Wildman–Crippen MR) is 104 cm³/mol. The summed E-state index contributed by atoms with van der Waals surface area (Å²) in [5.41, 5.74) is 3.28. The number of carbonyl (C=O) groups is 1. The molecule has 0 atom stereocenters. The Labute approximate surface area is 152 Å². The number of halogens is 1. The maximum atomic E-state index is 12.1. The third-order valence-electron chi connectivity index (χ3n) is 4.45. The lowest BCUT2D eigenvalue weighted by Gasteiger charge is -2.28. The maximum Gasteiger partial charge on any atom is 0.224 e. The summed E-state index contributed by atoms with van der Waals surface area (Å²) in [6.45, 7) is 2.27. The summed E-state index contributed by atoms with van der Waals surface area (Å²) in [4.78, 5) is 14.6. The zero-order valence-electron chi connectivity index (χ0n) is 13.8. The van der Waals surface area contributed by atoms with Gasteiger partial charge in [0.15, 0.2) is 0 Å². The lowest BCUT2D eigenvalue weighted by Crippen LogP contribution is -2.29. The lowest BCUT2D eigenvalue weighted by atomic mass is 10.1. The van der Waals surface area contributed by atoms with Crippen molar-refractivity contribution in [2.24, 2.45) is 0 Å². The van der Waals surface area contributed by atoms with E-state index in [0.717, 1.165) is 35.2 Å². The number of amides is 1. The van der Waals surface area contributed by atoms with Crippen LogP contribution >= 0.6 is 15.9 Å². The molecule has 3 rings (SSSR count). The Morgan fingerprint density at radius 2 is 1.71 bits per heavy atom. The van der Waals surface area contributed by atoms with Crippen LogP contribution in [0, 0.1) is 0 Å². The van der Waals surface area contributed by atoms with Crippen molar-refractivity contribution >= 4 is 33.2 Å². The molecule has 1 heterocycles. The summed E-state index contributed by atoms with van der Waals surface area (Å²) >= 11 is 3.52. The molecule has 1 aliphatic rings. The molecule has 0 spiro atoms.